The molecule has 0 atom stereocenters. The van der Waals surface area contributed by atoms with E-state index in [4.69, 9.17) is 4.42 Å². The Morgan fingerprint density at radius 2 is 2.17 bits per heavy atom. The summed E-state index contributed by atoms with van der Waals surface area (Å²) in [4.78, 5) is 23.5. The van der Waals surface area contributed by atoms with Gasteiger partial charge in [0.15, 0.2) is 0 Å². The number of fused-ring (bicyclic) bond motifs is 1. The minimum absolute atomic E-state index is 0.198. The van der Waals surface area contributed by atoms with Gasteiger partial charge in [0, 0.05) is 18.2 Å². The molecule has 1 N–H and O–H groups in total. The second-order valence-corrected chi connectivity index (χ2v) is 5.11. The normalized spacial score (nSPS) is 18.4. The topological polar surface area (TPSA) is 59.3 Å². The molecule has 0 radical (unpaired) electrons. The van der Waals surface area contributed by atoms with E-state index in [1.807, 2.05) is 0 Å². The van der Waals surface area contributed by atoms with Gasteiger partial charge in [0.2, 0.25) is 0 Å². The summed E-state index contributed by atoms with van der Waals surface area (Å²) in [5.41, 5.74) is 1.57. The zero-order chi connectivity index (χ0) is 12.7. The van der Waals surface area contributed by atoms with Crippen LogP contribution in [0.5, 0.6) is 0 Å². The highest BCUT2D eigenvalue weighted by atomic mass is 16.4. The van der Waals surface area contributed by atoms with E-state index >= 15 is 0 Å². The number of allylic oxidation sites excluding steroid dienone is 1. The molecule has 1 fully saturated rings. The van der Waals surface area contributed by atoms with Crippen LogP contribution in [0.3, 0.4) is 0 Å². The number of carbonyl (C=O) groups excluding carboxylic acids is 1. The van der Waals surface area contributed by atoms with Crippen molar-refractivity contribution in [2.24, 2.45) is 5.92 Å². The SMILES string of the molecule is C=C1Cc2oc(=O)cc(CCC3CC3)c2C(=O)N1. The Kier molecular flexibility index (Phi) is 2.58. The average Bonchev–Trinajstić information content (AvgIpc) is 3.07. The fourth-order valence-electron chi connectivity index (χ4n) is 2.42. The first-order valence-corrected chi connectivity index (χ1v) is 6.28. The highest BCUT2D eigenvalue weighted by Gasteiger charge is 2.27. The number of nitrogens with one attached hydrogen (secondary N) is 1. The van der Waals surface area contributed by atoms with Gasteiger partial charge in [-0.25, -0.2) is 4.79 Å². The maximum atomic E-state index is 12.0. The second kappa shape index (κ2) is 4.12. The van der Waals surface area contributed by atoms with Crippen molar-refractivity contribution < 1.29 is 9.21 Å². The number of rotatable bonds is 3. The summed E-state index contributed by atoms with van der Waals surface area (Å²) in [6, 6.07) is 1.45. The lowest BCUT2D eigenvalue weighted by Crippen LogP contribution is -2.32. The van der Waals surface area contributed by atoms with E-state index in [-0.39, 0.29) is 11.5 Å². The Bertz CT molecular complexity index is 581. The third kappa shape index (κ3) is 2.10. The molecule has 2 aliphatic rings. The van der Waals surface area contributed by atoms with Gasteiger partial charge < -0.3 is 9.73 Å². The van der Waals surface area contributed by atoms with Crippen LogP contribution in [-0.4, -0.2) is 5.91 Å². The Morgan fingerprint density at radius 1 is 1.39 bits per heavy atom. The van der Waals surface area contributed by atoms with Crippen LogP contribution in [0, 0.1) is 5.92 Å². The Labute approximate surface area is 105 Å². The largest absolute Gasteiger partial charge is 0.427 e. The third-order valence-electron chi connectivity index (χ3n) is 3.53. The van der Waals surface area contributed by atoms with Crippen LogP contribution >= 0.6 is 0 Å². The summed E-state index contributed by atoms with van der Waals surface area (Å²) < 4.78 is 5.13. The van der Waals surface area contributed by atoms with Crippen molar-refractivity contribution in [1.29, 1.82) is 0 Å². The molecular weight excluding hydrogens is 230 g/mol. The van der Waals surface area contributed by atoms with Gasteiger partial charge in [-0.15, -0.1) is 0 Å². The number of hydrogen-bond donors (Lipinski definition) is 1. The van der Waals surface area contributed by atoms with Crippen molar-refractivity contribution in [1.82, 2.24) is 5.32 Å². The number of amides is 1. The van der Waals surface area contributed by atoms with Gasteiger partial charge in [-0.1, -0.05) is 19.4 Å². The molecule has 18 heavy (non-hydrogen) atoms. The molecule has 1 aliphatic carbocycles. The van der Waals surface area contributed by atoms with E-state index in [2.05, 4.69) is 11.9 Å². The molecular formula is C14H15NO3. The molecule has 1 saturated carbocycles. The van der Waals surface area contributed by atoms with Gasteiger partial charge in [-0.05, 0) is 24.3 Å². The lowest BCUT2D eigenvalue weighted by molar-refractivity contribution is 0.0952. The molecule has 4 heteroatoms. The average molecular weight is 245 g/mol. The summed E-state index contributed by atoms with van der Waals surface area (Å²) in [6.07, 6.45) is 4.77. The third-order valence-corrected chi connectivity index (χ3v) is 3.53. The molecule has 2 heterocycles. The van der Waals surface area contributed by atoms with Crippen molar-refractivity contribution in [3.63, 3.8) is 0 Å². The van der Waals surface area contributed by atoms with Crippen molar-refractivity contribution in [2.75, 3.05) is 0 Å². The van der Waals surface area contributed by atoms with E-state index in [9.17, 15) is 9.59 Å². The lowest BCUT2D eigenvalue weighted by Gasteiger charge is -2.19. The summed E-state index contributed by atoms with van der Waals surface area (Å²) in [7, 11) is 0. The first kappa shape index (κ1) is 11.3. The minimum atomic E-state index is -0.373. The summed E-state index contributed by atoms with van der Waals surface area (Å²) >= 11 is 0. The van der Waals surface area contributed by atoms with Crippen LogP contribution in [0.25, 0.3) is 0 Å². The number of hydrogen-bond acceptors (Lipinski definition) is 3. The van der Waals surface area contributed by atoms with E-state index in [0.717, 1.165) is 24.3 Å². The standard InChI is InChI=1S/C14H15NO3/c1-8-6-11-13(14(17)15-8)10(7-12(16)18-11)5-4-9-2-3-9/h7,9H,1-6H2,(H,15,17). The maximum Gasteiger partial charge on any atom is 0.336 e. The van der Waals surface area contributed by atoms with Crippen molar-refractivity contribution in [3.8, 4) is 0 Å². The molecule has 1 aromatic heterocycles. The molecule has 0 aromatic carbocycles. The first-order valence-electron chi connectivity index (χ1n) is 6.28. The van der Waals surface area contributed by atoms with Crippen molar-refractivity contribution >= 4 is 5.91 Å². The fourth-order valence-corrected chi connectivity index (χ4v) is 2.42. The molecule has 1 aromatic rings. The van der Waals surface area contributed by atoms with Gasteiger partial charge in [0.05, 0.1) is 5.56 Å². The van der Waals surface area contributed by atoms with E-state index in [1.54, 1.807) is 0 Å². The molecule has 4 nitrogen and oxygen atoms in total. The highest BCUT2D eigenvalue weighted by molar-refractivity contribution is 5.98. The second-order valence-electron chi connectivity index (χ2n) is 5.11. The van der Waals surface area contributed by atoms with Crippen LogP contribution < -0.4 is 10.9 Å². The number of aryl methyl sites for hydroxylation is 1. The smallest absolute Gasteiger partial charge is 0.336 e. The Balaban J connectivity index is 1.99. The van der Waals surface area contributed by atoms with Gasteiger partial charge in [-0.2, -0.15) is 0 Å². The monoisotopic (exact) mass is 245 g/mol. The van der Waals surface area contributed by atoms with Gasteiger partial charge in [-0.3, -0.25) is 4.79 Å². The first-order chi connectivity index (χ1) is 8.63. The maximum absolute atomic E-state index is 12.0. The molecule has 94 valence electrons. The van der Waals surface area contributed by atoms with Crippen LogP contribution in [0.4, 0.5) is 0 Å². The summed E-state index contributed by atoms with van der Waals surface area (Å²) in [5, 5.41) is 2.70. The van der Waals surface area contributed by atoms with Crippen LogP contribution in [0.2, 0.25) is 0 Å². The highest BCUT2D eigenvalue weighted by Crippen LogP contribution is 2.34. The zero-order valence-electron chi connectivity index (χ0n) is 10.1. The van der Waals surface area contributed by atoms with Crippen LogP contribution in [0.15, 0.2) is 27.6 Å². The summed E-state index contributed by atoms with van der Waals surface area (Å²) in [6.45, 7) is 3.71. The lowest BCUT2D eigenvalue weighted by atomic mass is 9.97. The predicted octanol–water partition coefficient (Wildman–Crippen LogP) is 1.78. The van der Waals surface area contributed by atoms with Crippen LogP contribution in [-0.2, 0) is 12.8 Å². The zero-order valence-corrected chi connectivity index (χ0v) is 10.1. The molecule has 0 saturated heterocycles. The number of carbonyl (C=O) groups is 1. The fraction of sp³-hybridized carbons (Fsp3) is 0.429. The van der Waals surface area contributed by atoms with Gasteiger partial charge >= 0.3 is 5.63 Å². The summed E-state index contributed by atoms with van der Waals surface area (Å²) in [5.74, 6) is 1.03. The molecule has 0 bridgehead atoms. The predicted molar refractivity (Wildman–Crippen MR) is 66.3 cm³/mol. The Morgan fingerprint density at radius 3 is 2.89 bits per heavy atom. The quantitative estimate of drug-likeness (QED) is 0.883. The van der Waals surface area contributed by atoms with E-state index in [1.165, 1.54) is 18.9 Å². The van der Waals surface area contributed by atoms with Gasteiger partial charge in [0.1, 0.15) is 5.76 Å². The Hall–Kier alpha value is -1.84. The van der Waals surface area contributed by atoms with Crippen molar-refractivity contribution in [2.45, 2.75) is 32.1 Å². The van der Waals surface area contributed by atoms with Crippen LogP contribution in [0.1, 0.15) is 40.9 Å². The molecule has 1 aliphatic heterocycles. The van der Waals surface area contributed by atoms with Crippen molar-refractivity contribution in [3.05, 3.63) is 45.6 Å². The molecule has 0 spiro atoms. The molecule has 0 unspecified atom stereocenters. The molecule has 3 rings (SSSR count). The molecule has 1 amide bonds. The van der Waals surface area contributed by atoms with E-state index in [0.29, 0.717) is 23.4 Å². The van der Waals surface area contributed by atoms with E-state index < -0.39 is 0 Å². The van der Waals surface area contributed by atoms with Gasteiger partial charge in [0.25, 0.3) is 5.91 Å². The minimum Gasteiger partial charge on any atom is -0.427 e.